The molecule has 0 aliphatic carbocycles. The number of imide groups is 1. The minimum atomic E-state index is -0.708. The lowest BCUT2D eigenvalue weighted by atomic mass is 10.1. The first-order valence-corrected chi connectivity index (χ1v) is 7.11. The third-order valence-corrected chi connectivity index (χ3v) is 4.96. The van der Waals surface area contributed by atoms with Crippen LogP contribution in [0.5, 0.6) is 0 Å². The van der Waals surface area contributed by atoms with Crippen molar-refractivity contribution in [1.29, 1.82) is 0 Å². The van der Waals surface area contributed by atoms with Crippen LogP contribution in [0.25, 0.3) is 0 Å². The van der Waals surface area contributed by atoms with E-state index in [1.165, 1.54) is 0 Å². The summed E-state index contributed by atoms with van der Waals surface area (Å²) in [6.45, 7) is 2.37. The fraction of sp³-hybridized carbons (Fsp3) is 0.333. The molecule has 0 spiro atoms. The van der Waals surface area contributed by atoms with Gasteiger partial charge < -0.3 is 5.73 Å². The molecule has 1 fully saturated rings. The van der Waals surface area contributed by atoms with Crippen molar-refractivity contribution >= 4 is 41.1 Å². The van der Waals surface area contributed by atoms with Gasteiger partial charge in [-0.2, -0.15) is 0 Å². The molecule has 0 bridgehead atoms. The molecule has 2 atom stereocenters. The third-order valence-electron chi connectivity index (χ3n) is 3.44. The van der Waals surface area contributed by atoms with Crippen molar-refractivity contribution in [3.8, 4) is 0 Å². The second kappa shape index (κ2) is 4.31. The predicted molar refractivity (Wildman–Crippen MR) is 74.7 cm³/mol. The number of benzene rings is 1. The number of nitrogens with zero attached hydrogens (tertiary/aromatic N) is 2. The van der Waals surface area contributed by atoms with Crippen LogP contribution in [0, 0.1) is 0 Å². The molecular weight excluding hydrogens is 286 g/mol. The van der Waals surface area contributed by atoms with Gasteiger partial charge in [0.1, 0.15) is 0 Å². The number of carbonyl (C=O) groups excluding carboxylic acids is 2. The van der Waals surface area contributed by atoms with E-state index >= 15 is 0 Å². The molecule has 100 valence electrons. The summed E-state index contributed by atoms with van der Waals surface area (Å²) in [5, 5.41) is 0.764. The number of amides is 4. The Morgan fingerprint density at radius 1 is 1.53 bits per heavy atom. The molecule has 2 heterocycles. The van der Waals surface area contributed by atoms with Gasteiger partial charge in [0.15, 0.2) is 0 Å². The fourth-order valence-electron chi connectivity index (χ4n) is 2.50. The van der Waals surface area contributed by atoms with Crippen molar-refractivity contribution in [3.05, 3.63) is 23.2 Å². The van der Waals surface area contributed by atoms with E-state index in [9.17, 15) is 9.59 Å². The monoisotopic (exact) mass is 297 g/mol. The quantitative estimate of drug-likeness (QED) is 0.800. The van der Waals surface area contributed by atoms with Gasteiger partial charge in [-0.3, -0.25) is 4.90 Å². The van der Waals surface area contributed by atoms with Crippen molar-refractivity contribution in [2.24, 2.45) is 5.73 Å². The topological polar surface area (TPSA) is 66.6 Å². The molecule has 2 aliphatic rings. The maximum atomic E-state index is 12.3. The van der Waals surface area contributed by atoms with Crippen LogP contribution >= 0.6 is 23.4 Å². The van der Waals surface area contributed by atoms with Crippen LogP contribution in [0.3, 0.4) is 0 Å². The zero-order valence-electron chi connectivity index (χ0n) is 10.2. The van der Waals surface area contributed by atoms with E-state index < -0.39 is 6.03 Å². The Labute approximate surface area is 119 Å². The summed E-state index contributed by atoms with van der Waals surface area (Å²) in [4.78, 5) is 27.3. The summed E-state index contributed by atoms with van der Waals surface area (Å²) in [6.07, 6.45) is 0. The zero-order chi connectivity index (χ0) is 13.7. The smallest absolute Gasteiger partial charge is 0.333 e. The summed E-state index contributed by atoms with van der Waals surface area (Å²) in [5.41, 5.74) is 6.00. The Morgan fingerprint density at radius 2 is 2.26 bits per heavy atom. The van der Waals surface area contributed by atoms with Gasteiger partial charge in [-0.25, -0.2) is 14.5 Å². The number of hydrogen-bond donors (Lipinski definition) is 1. The van der Waals surface area contributed by atoms with E-state index in [0.29, 0.717) is 11.6 Å². The predicted octanol–water partition coefficient (Wildman–Crippen LogP) is 2.52. The maximum absolute atomic E-state index is 12.3. The number of rotatable bonds is 0. The summed E-state index contributed by atoms with van der Waals surface area (Å²) >= 11 is 7.68. The molecule has 2 unspecified atom stereocenters. The average Bonchev–Trinajstić information content (AvgIpc) is 2.69. The first-order chi connectivity index (χ1) is 8.99. The summed E-state index contributed by atoms with van der Waals surface area (Å²) in [7, 11) is 0. The number of urea groups is 2. The van der Waals surface area contributed by atoms with E-state index in [4.69, 9.17) is 17.3 Å². The lowest BCUT2D eigenvalue weighted by molar-refractivity contribution is 0.206. The molecule has 1 aromatic carbocycles. The standard InChI is InChI=1S/C12H12ClN3O2S/c1-6-9-5-15(11(14)17)12(18)16(9)8-4-7(13)2-3-10(8)19-6/h2-4,6,9H,5H2,1H3,(H2,14,17). The summed E-state index contributed by atoms with van der Waals surface area (Å²) in [6, 6.07) is 4.32. The number of hydrogen-bond acceptors (Lipinski definition) is 3. The highest BCUT2D eigenvalue weighted by molar-refractivity contribution is 8.00. The molecule has 7 heteroatoms. The third kappa shape index (κ3) is 1.86. The first-order valence-electron chi connectivity index (χ1n) is 5.85. The fourth-order valence-corrected chi connectivity index (χ4v) is 3.86. The largest absolute Gasteiger partial charge is 0.351 e. The number of nitrogens with two attached hydrogens (primary N) is 1. The Kier molecular flexibility index (Phi) is 2.87. The zero-order valence-corrected chi connectivity index (χ0v) is 11.7. The van der Waals surface area contributed by atoms with Gasteiger partial charge in [0, 0.05) is 15.2 Å². The molecule has 0 saturated carbocycles. The van der Waals surface area contributed by atoms with Crippen LogP contribution in [0.2, 0.25) is 5.02 Å². The average molecular weight is 298 g/mol. The minimum absolute atomic E-state index is 0.0593. The van der Waals surface area contributed by atoms with Crippen LogP contribution in [0.4, 0.5) is 15.3 Å². The van der Waals surface area contributed by atoms with Gasteiger partial charge in [-0.1, -0.05) is 18.5 Å². The van der Waals surface area contributed by atoms with E-state index in [1.54, 1.807) is 28.8 Å². The van der Waals surface area contributed by atoms with Crippen LogP contribution in [-0.4, -0.2) is 34.8 Å². The lowest BCUT2D eigenvalue weighted by Gasteiger charge is -2.34. The van der Waals surface area contributed by atoms with Crippen LogP contribution in [0.15, 0.2) is 23.1 Å². The van der Waals surface area contributed by atoms with Gasteiger partial charge in [0.2, 0.25) is 0 Å². The lowest BCUT2D eigenvalue weighted by Crippen LogP contribution is -2.43. The van der Waals surface area contributed by atoms with Gasteiger partial charge >= 0.3 is 12.1 Å². The molecule has 4 amide bonds. The Morgan fingerprint density at radius 3 is 2.95 bits per heavy atom. The number of thioether (sulfide) groups is 1. The molecule has 0 radical (unpaired) electrons. The Balaban J connectivity index is 2.09. The van der Waals surface area contributed by atoms with Gasteiger partial charge in [0.05, 0.1) is 18.3 Å². The van der Waals surface area contributed by atoms with Crippen molar-refractivity contribution < 1.29 is 9.59 Å². The molecule has 2 N–H and O–H groups in total. The molecular formula is C12H12ClN3O2S. The molecule has 19 heavy (non-hydrogen) atoms. The molecule has 2 aliphatic heterocycles. The van der Waals surface area contributed by atoms with Crippen LogP contribution in [0.1, 0.15) is 6.92 Å². The number of fused-ring (bicyclic) bond motifs is 3. The van der Waals surface area contributed by atoms with E-state index in [-0.39, 0.29) is 17.3 Å². The van der Waals surface area contributed by atoms with Crippen LogP contribution in [-0.2, 0) is 0 Å². The minimum Gasteiger partial charge on any atom is -0.351 e. The number of primary amides is 1. The highest BCUT2D eigenvalue weighted by Gasteiger charge is 2.46. The van der Waals surface area contributed by atoms with Crippen molar-refractivity contribution in [3.63, 3.8) is 0 Å². The first kappa shape index (κ1) is 12.6. The maximum Gasteiger partial charge on any atom is 0.333 e. The summed E-state index contributed by atoms with van der Waals surface area (Å²) in [5.74, 6) is 0. The van der Waals surface area contributed by atoms with Crippen LogP contribution < -0.4 is 10.6 Å². The van der Waals surface area contributed by atoms with Gasteiger partial charge in [-0.05, 0) is 18.2 Å². The molecule has 0 aromatic heterocycles. The van der Waals surface area contributed by atoms with Crippen molar-refractivity contribution in [2.45, 2.75) is 23.1 Å². The van der Waals surface area contributed by atoms with E-state index in [1.807, 2.05) is 13.0 Å². The van der Waals surface area contributed by atoms with Gasteiger partial charge in [-0.15, -0.1) is 11.8 Å². The highest BCUT2D eigenvalue weighted by Crippen LogP contribution is 2.45. The van der Waals surface area contributed by atoms with Crippen molar-refractivity contribution in [2.75, 3.05) is 11.4 Å². The summed E-state index contributed by atoms with van der Waals surface area (Å²) < 4.78 is 0. The number of halogens is 1. The molecule has 1 aromatic rings. The van der Waals surface area contributed by atoms with Gasteiger partial charge in [0.25, 0.3) is 0 Å². The highest BCUT2D eigenvalue weighted by atomic mass is 35.5. The second-order valence-electron chi connectivity index (χ2n) is 4.60. The number of anilines is 1. The Hall–Kier alpha value is -1.40. The second-order valence-corrected chi connectivity index (χ2v) is 6.46. The SMILES string of the molecule is CC1Sc2ccc(Cl)cc2N2C(=O)N(C(N)=O)CC12. The molecule has 1 saturated heterocycles. The van der Waals surface area contributed by atoms with E-state index in [2.05, 4.69) is 0 Å². The molecule has 5 nitrogen and oxygen atoms in total. The van der Waals surface area contributed by atoms with Crippen molar-refractivity contribution in [1.82, 2.24) is 4.90 Å². The normalized spacial score (nSPS) is 25.3. The van der Waals surface area contributed by atoms with E-state index in [0.717, 1.165) is 15.5 Å². The molecule has 3 rings (SSSR count). The number of carbonyl (C=O) groups is 2. The Bertz CT molecular complexity index is 580.